The predicted molar refractivity (Wildman–Crippen MR) is 62.5 cm³/mol. The first-order chi connectivity index (χ1) is 7.35. The van der Waals surface area contributed by atoms with Crippen molar-refractivity contribution in [2.45, 2.75) is 19.4 Å². The van der Waals surface area contributed by atoms with E-state index in [4.69, 9.17) is 0 Å². The highest BCUT2D eigenvalue weighted by Gasteiger charge is 2.27. The highest BCUT2D eigenvalue weighted by Crippen LogP contribution is 2.10. The lowest BCUT2D eigenvalue weighted by atomic mass is 10.3. The van der Waals surface area contributed by atoms with E-state index in [0.29, 0.717) is 13.0 Å². The van der Waals surface area contributed by atoms with E-state index in [9.17, 15) is 16.8 Å². The molecule has 0 radical (unpaired) electrons. The van der Waals surface area contributed by atoms with E-state index >= 15 is 0 Å². The minimum atomic E-state index is -3.21. The Balaban J connectivity index is 2.27. The van der Waals surface area contributed by atoms with Crippen LogP contribution in [0, 0.1) is 0 Å². The van der Waals surface area contributed by atoms with Gasteiger partial charge in [0.25, 0.3) is 0 Å². The van der Waals surface area contributed by atoms with Crippen LogP contribution in [-0.2, 0) is 19.9 Å². The molecule has 1 unspecified atom stereocenters. The number of hydrogen-bond donors (Lipinski definition) is 2. The second-order valence-corrected chi connectivity index (χ2v) is 8.03. The third kappa shape index (κ3) is 4.77. The molecule has 1 rings (SSSR count). The first-order valence-corrected chi connectivity index (χ1v) is 8.73. The lowest BCUT2D eigenvalue weighted by molar-refractivity contribution is 0.555. The van der Waals surface area contributed by atoms with Gasteiger partial charge in [-0.15, -0.1) is 0 Å². The smallest absolute Gasteiger partial charge is 0.212 e. The maximum atomic E-state index is 11.3. The molecule has 6 nitrogen and oxygen atoms in total. The molecule has 1 fully saturated rings. The standard InChI is InChI=1S/C8H18N2O4S2/c1-2-10-16(13,14)6-4-9-8-3-5-15(11,12)7-8/h8-10H,2-7H2,1H3. The number of nitrogens with one attached hydrogen (secondary N) is 2. The van der Waals surface area contributed by atoms with Crippen molar-refractivity contribution in [2.24, 2.45) is 0 Å². The second-order valence-electron chi connectivity index (χ2n) is 3.87. The third-order valence-corrected chi connectivity index (χ3v) is 5.64. The van der Waals surface area contributed by atoms with E-state index in [0.717, 1.165) is 0 Å². The zero-order valence-corrected chi connectivity index (χ0v) is 10.9. The summed E-state index contributed by atoms with van der Waals surface area (Å²) in [7, 11) is -6.11. The van der Waals surface area contributed by atoms with Crippen molar-refractivity contribution in [1.29, 1.82) is 0 Å². The molecule has 1 aliphatic heterocycles. The van der Waals surface area contributed by atoms with E-state index in [1.807, 2.05) is 0 Å². The monoisotopic (exact) mass is 270 g/mol. The highest BCUT2D eigenvalue weighted by atomic mass is 32.2. The Morgan fingerprint density at radius 3 is 2.56 bits per heavy atom. The molecule has 0 spiro atoms. The van der Waals surface area contributed by atoms with Gasteiger partial charge in [-0.3, -0.25) is 0 Å². The summed E-state index contributed by atoms with van der Waals surface area (Å²) in [5.74, 6) is 0.302. The summed E-state index contributed by atoms with van der Waals surface area (Å²) in [5.41, 5.74) is 0. The molecule has 1 saturated heterocycles. The Bertz CT molecular complexity index is 415. The molecule has 0 bridgehead atoms. The fourth-order valence-corrected chi connectivity index (χ4v) is 4.32. The molecule has 0 saturated carbocycles. The average molecular weight is 270 g/mol. The maximum Gasteiger partial charge on any atom is 0.212 e. The zero-order chi connectivity index (χ0) is 12.2. The molecular weight excluding hydrogens is 252 g/mol. The van der Waals surface area contributed by atoms with Crippen LogP contribution in [-0.4, -0.2) is 53.2 Å². The largest absolute Gasteiger partial charge is 0.312 e. The Morgan fingerprint density at radius 2 is 2.06 bits per heavy atom. The molecule has 16 heavy (non-hydrogen) atoms. The van der Waals surface area contributed by atoms with Crippen LogP contribution in [0.1, 0.15) is 13.3 Å². The van der Waals surface area contributed by atoms with Crippen LogP contribution in [0.15, 0.2) is 0 Å². The molecule has 0 aliphatic carbocycles. The fourth-order valence-electron chi connectivity index (χ4n) is 1.65. The van der Waals surface area contributed by atoms with Crippen LogP contribution in [0.4, 0.5) is 0 Å². The summed E-state index contributed by atoms with van der Waals surface area (Å²) in [5, 5.41) is 2.95. The van der Waals surface area contributed by atoms with Gasteiger partial charge >= 0.3 is 0 Å². The molecule has 1 aliphatic rings. The first-order valence-electron chi connectivity index (χ1n) is 5.26. The van der Waals surface area contributed by atoms with Crippen LogP contribution < -0.4 is 10.0 Å². The summed E-state index contributed by atoms with van der Waals surface area (Å²) < 4.78 is 47.2. The highest BCUT2D eigenvalue weighted by molar-refractivity contribution is 7.91. The lowest BCUT2D eigenvalue weighted by Gasteiger charge is -2.10. The molecule has 0 aromatic rings. The molecule has 1 atom stereocenters. The quantitative estimate of drug-likeness (QED) is 0.626. The van der Waals surface area contributed by atoms with E-state index < -0.39 is 19.9 Å². The van der Waals surface area contributed by atoms with Gasteiger partial charge in [-0.25, -0.2) is 21.6 Å². The molecule has 2 N–H and O–H groups in total. The predicted octanol–water partition coefficient (Wildman–Crippen LogP) is -1.30. The summed E-state index contributed by atoms with van der Waals surface area (Å²) in [6.45, 7) is 2.38. The topological polar surface area (TPSA) is 92.3 Å². The van der Waals surface area contributed by atoms with Gasteiger partial charge in [0.15, 0.2) is 9.84 Å². The Labute approximate surface area is 96.8 Å². The van der Waals surface area contributed by atoms with Crippen molar-refractivity contribution >= 4 is 19.9 Å². The van der Waals surface area contributed by atoms with Gasteiger partial charge < -0.3 is 5.32 Å². The molecule has 0 amide bonds. The fraction of sp³-hybridized carbons (Fsp3) is 1.00. The summed E-state index contributed by atoms with van der Waals surface area (Å²) in [6, 6.07) is -0.0955. The summed E-state index contributed by atoms with van der Waals surface area (Å²) in [4.78, 5) is 0. The molecule has 8 heteroatoms. The van der Waals surface area contributed by atoms with Gasteiger partial charge in [0.1, 0.15) is 0 Å². The third-order valence-electron chi connectivity index (χ3n) is 2.40. The Morgan fingerprint density at radius 1 is 1.38 bits per heavy atom. The number of sulfone groups is 1. The number of hydrogen-bond acceptors (Lipinski definition) is 5. The minimum absolute atomic E-state index is 0.0165. The first kappa shape index (κ1) is 13.9. The normalized spacial score (nSPS) is 24.7. The Kier molecular flexibility index (Phi) is 4.72. The lowest BCUT2D eigenvalue weighted by Crippen LogP contribution is -2.37. The van der Waals surface area contributed by atoms with Gasteiger partial charge in [-0.05, 0) is 6.42 Å². The van der Waals surface area contributed by atoms with Crippen molar-refractivity contribution in [3.05, 3.63) is 0 Å². The second kappa shape index (κ2) is 5.44. The van der Waals surface area contributed by atoms with E-state index in [1.54, 1.807) is 6.92 Å². The average Bonchev–Trinajstić information content (AvgIpc) is 2.45. The molecular formula is C8H18N2O4S2. The maximum absolute atomic E-state index is 11.3. The van der Waals surface area contributed by atoms with Gasteiger partial charge in [-0.2, -0.15) is 0 Å². The van der Waals surface area contributed by atoms with Gasteiger partial charge in [0.05, 0.1) is 17.3 Å². The van der Waals surface area contributed by atoms with Gasteiger partial charge in [-0.1, -0.05) is 6.92 Å². The van der Waals surface area contributed by atoms with Crippen LogP contribution in [0.3, 0.4) is 0 Å². The van der Waals surface area contributed by atoms with Crippen molar-refractivity contribution in [2.75, 3.05) is 30.3 Å². The van der Waals surface area contributed by atoms with Crippen LogP contribution in [0.5, 0.6) is 0 Å². The summed E-state index contributed by atoms with van der Waals surface area (Å²) in [6.07, 6.45) is 0.573. The van der Waals surface area contributed by atoms with Crippen LogP contribution in [0.25, 0.3) is 0 Å². The molecule has 1 heterocycles. The molecule has 96 valence electrons. The molecule has 0 aromatic carbocycles. The van der Waals surface area contributed by atoms with E-state index in [-0.39, 0.29) is 29.8 Å². The van der Waals surface area contributed by atoms with E-state index in [1.165, 1.54) is 0 Å². The van der Waals surface area contributed by atoms with Crippen LogP contribution in [0.2, 0.25) is 0 Å². The van der Waals surface area contributed by atoms with Gasteiger partial charge in [0, 0.05) is 19.1 Å². The van der Waals surface area contributed by atoms with E-state index in [2.05, 4.69) is 10.0 Å². The van der Waals surface area contributed by atoms with Crippen molar-refractivity contribution in [3.63, 3.8) is 0 Å². The SMILES string of the molecule is CCNS(=O)(=O)CCNC1CCS(=O)(=O)C1. The Hall–Kier alpha value is -0.180. The minimum Gasteiger partial charge on any atom is -0.312 e. The van der Waals surface area contributed by atoms with Crippen LogP contribution >= 0.6 is 0 Å². The van der Waals surface area contributed by atoms with Crippen molar-refractivity contribution in [1.82, 2.24) is 10.0 Å². The van der Waals surface area contributed by atoms with Crippen molar-refractivity contribution < 1.29 is 16.8 Å². The number of sulfonamides is 1. The number of rotatable bonds is 6. The van der Waals surface area contributed by atoms with Gasteiger partial charge in [0.2, 0.25) is 10.0 Å². The molecule has 0 aromatic heterocycles. The summed E-state index contributed by atoms with van der Waals surface area (Å²) >= 11 is 0. The van der Waals surface area contributed by atoms with Crippen molar-refractivity contribution in [3.8, 4) is 0 Å². The zero-order valence-electron chi connectivity index (χ0n) is 9.27.